The summed E-state index contributed by atoms with van der Waals surface area (Å²) in [6.45, 7) is 4.15. The fourth-order valence-electron chi connectivity index (χ4n) is 2.48. The molecular weight excluding hydrogens is 300 g/mol. The minimum Gasteiger partial charge on any atom is -0.465 e. The summed E-state index contributed by atoms with van der Waals surface area (Å²) in [5.41, 5.74) is 5.20. The quantitative estimate of drug-likeness (QED) is 0.195. The SMILES string of the molecule is CCCCCC(=C=CCCc1ccccc1)C(C=O)C(=O)OCC. The third-order valence-corrected chi connectivity index (χ3v) is 3.81. The zero-order chi connectivity index (χ0) is 17.6. The molecule has 1 rings (SSSR count). The number of carbonyl (C=O) groups excluding carboxylic acids is 2. The molecule has 1 atom stereocenters. The summed E-state index contributed by atoms with van der Waals surface area (Å²) in [6, 6.07) is 10.2. The van der Waals surface area contributed by atoms with Gasteiger partial charge in [-0.1, -0.05) is 50.1 Å². The Hall–Kier alpha value is -2.12. The molecule has 0 radical (unpaired) electrons. The highest BCUT2D eigenvalue weighted by atomic mass is 16.5. The van der Waals surface area contributed by atoms with Crippen molar-refractivity contribution in [3.63, 3.8) is 0 Å². The number of esters is 1. The molecule has 0 heterocycles. The van der Waals surface area contributed by atoms with Crippen molar-refractivity contribution in [3.05, 3.63) is 53.3 Å². The summed E-state index contributed by atoms with van der Waals surface area (Å²) in [6.07, 6.45) is 8.19. The number of unbranched alkanes of at least 4 members (excludes halogenated alkanes) is 2. The first-order valence-corrected chi connectivity index (χ1v) is 8.82. The van der Waals surface area contributed by atoms with Crippen LogP contribution in [0.25, 0.3) is 0 Å². The average molecular weight is 328 g/mol. The second-order valence-electron chi connectivity index (χ2n) is 5.72. The van der Waals surface area contributed by atoms with E-state index in [1.54, 1.807) is 6.92 Å². The predicted molar refractivity (Wildman–Crippen MR) is 96.7 cm³/mol. The first kappa shape index (κ1) is 19.9. The van der Waals surface area contributed by atoms with Crippen molar-refractivity contribution >= 4 is 12.3 Å². The number of carbonyl (C=O) groups is 2. The van der Waals surface area contributed by atoms with E-state index in [4.69, 9.17) is 4.74 Å². The summed E-state index contributed by atoms with van der Waals surface area (Å²) in [7, 11) is 0. The Balaban J connectivity index is 2.79. The maximum absolute atomic E-state index is 12.0. The van der Waals surface area contributed by atoms with E-state index >= 15 is 0 Å². The maximum Gasteiger partial charge on any atom is 0.321 e. The standard InChI is InChI=1S/C21H28O3/c1-3-5-7-15-19(20(17-22)21(23)24-4-2)16-11-10-14-18-12-8-6-9-13-18/h6,8-9,11-13,17,20H,3-5,7,10,14-15H2,1-2H3. The van der Waals surface area contributed by atoms with Crippen molar-refractivity contribution in [1.29, 1.82) is 0 Å². The molecule has 1 unspecified atom stereocenters. The van der Waals surface area contributed by atoms with Gasteiger partial charge in [-0.2, -0.15) is 0 Å². The monoisotopic (exact) mass is 328 g/mol. The molecular formula is C21H28O3. The predicted octanol–water partition coefficient (Wildman–Crippen LogP) is 4.66. The Morgan fingerprint density at radius 2 is 1.96 bits per heavy atom. The molecule has 1 aromatic rings. The van der Waals surface area contributed by atoms with Gasteiger partial charge in [-0.15, -0.1) is 5.73 Å². The lowest BCUT2D eigenvalue weighted by atomic mass is 9.95. The molecule has 0 N–H and O–H groups in total. The lowest BCUT2D eigenvalue weighted by Gasteiger charge is -2.11. The molecule has 1 aromatic carbocycles. The Morgan fingerprint density at radius 3 is 2.58 bits per heavy atom. The van der Waals surface area contributed by atoms with Gasteiger partial charge in [0.05, 0.1) is 6.61 Å². The van der Waals surface area contributed by atoms with Crippen LogP contribution < -0.4 is 0 Å². The van der Waals surface area contributed by atoms with Gasteiger partial charge in [0.2, 0.25) is 0 Å². The summed E-state index contributed by atoms with van der Waals surface area (Å²) in [4.78, 5) is 23.3. The van der Waals surface area contributed by atoms with Gasteiger partial charge in [0.25, 0.3) is 0 Å². The molecule has 0 aliphatic heterocycles. The van der Waals surface area contributed by atoms with Crippen molar-refractivity contribution in [2.75, 3.05) is 6.61 Å². The smallest absolute Gasteiger partial charge is 0.321 e. The topological polar surface area (TPSA) is 43.4 Å². The van der Waals surface area contributed by atoms with Crippen molar-refractivity contribution in [3.8, 4) is 0 Å². The van der Waals surface area contributed by atoms with Gasteiger partial charge < -0.3 is 9.53 Å². The highest BCUT2D eigenvalue weighted by Crippen LogP contribution is 2.18. The Labute approximate surface area is 145 Å². The summed E-state index contributed by atoms with van der Waals surface area (Å²) in [5, 5.41) is 0. The minimum atomic E-state index is -0.824. The number of hydrogen-bond donors (Lipinski definition) is 0. The Kier molecular flexibility index (Phi) is 10.2. The largest absolute Gasteiger partial charge is 0.465 e. The summed E-state index contributed by atoms with van der Waals surface area (Å²) >= 11 is 0. The third-order valence-electron chi connectivity index (χ3n) is 3.81. The molecule has 0 saturated carbocycles. The van der Waals surface area contributed by atoms with Gasteiger partial charge in [-0.25, -0.2) is 0 Å². The first-order valence-electron chi connectivity index (χ1n) is 8.82. The highest BCUT2D eigenvalue weighted by Gasteiger charge is 2.23. The lowest BCUT2D eigenvalue weighted by Crippen LogP contribution is -2.21. The normalized spacial score (nSPS) is 11.2. The van der Waals surface area contributed by atoms with Crippen LogP contribution in [0.3, 0.4) is 0 Å². The van der Waals surface area contributed by atoms with E-state index in [2.05, 4.69) is 24.8 Å². The molecule has 0 aliphatic rings. The highest BCUT2D eigenvalue weighted by molar-refractivity contribution is 5.91. The number of aryl methyl sites for hydroxylation is 1. The molecule has 0 spiro atoms. The summed E-state index contributed by atoms with van der Waals surface area (Å²) < 4.78 is 5.01. The van der Waals surface area contributed by atoms with E-state index in [0.29, 0.717) is 12.7 Å². The fraction of sp³-hybridized carbons (Fsp3) is 0.476. The van der Waals surface area contributed by atoms with Gasteiger partial charge in [0.15, 0.2) is 0 Å². The Bertz CT molecular complexity index is 554. The molecule has 3 heteroatoms. The average Bonchev–Trinajstić information content (AvgIpc) is 2.60. The second kappa shape index (κ2) is 12.3. The van der Waals surface area contributed by atoms with Crippen molar-refractivity contribution in [2.24, 2.45) is 5.92 Å². The number of rotatable bonds is 11. The third kappa shape index (κ3) is 7.43. The molecule has 0 bridgehead atoms. The lowest BCUT2D eigenvalue weighted by molar-refractivity contribution is -0.147. The van der Waals surface area contributed by atoms with Gasteiger partial charge in [0, 0.05) is 0 Å². The van der Waals surface area contributed by atoms with Crippen LogP contribution in [-0.4, -0.2) is 18.9 Å². The van der Waals surface area contributed by atoms with Crippen molar-refractivity contribution < 1.29 is 14.3 Å². The van der Waals surface area contributed by atoms with Crippen LogP contribution in [0.2, 0.25) is 0 Å². The van der Waals surface area contributed by atoms with Gasteiger partial charge >= 0.3 is 5.97 Å². The fourth-order valence-corrected chi connectivity index (χ4v) is 2.48. The molecule has 0 aliphatic carbocycles. The van der Waals surface area contributed by atoms with Crippen LogP contribution in [0.5, 0.6) is 0 Å². The van der Waals surface area contributed by atoms with Crippen LogP contribution in [0, 0.1) is 5.92 Å². The van der Waals surface area contributed by atoms with Gasteiger partial charge in [-0.3, -0.25) is 4.79 Å². The minimum absolute atomic E-state index is 0.281. The number of benzene rings is 1. The Morgan fingerprint density at radius 1 is 1.21 bits per heavy atom. The van der Waals surface area contributed by atoms with Crippen LogP contribution in [0.1, 0.15) is 51.5 Å². The number of ether oxygens (including phenoxy) is 1. The maximum atomic E-state index is 12.0. The van der Waals surface area contributed by atoms with E-state index < -0.39 is 11.9 Å². The van der Waals surface area contributed by atoms with Crippen molar-refractivity contribution in [1.82, 2.24) is 0 Å². The van der Waals surface area contributed by atoms with E-state index in [9.17, 15) is 9.59 Å². The first-order chi connectivity index (χ1) is 11.7. The molecule has 0 saturated heterocycles. The molecule has 0 aromatic heterocycles. The van der Waals surface area contributed by atoms with E-state index in [-0.39, 0.29) is 6.61 Å². The van der Waals surface area contributed by atoms with Crippen molar-refractivity contribution in [2.45, 2.75) is 52.4 Å². The molecule has 3 nitrogen and oxygen atoms in total. The number of hydrogen-bond acceptors (Lipinski definition) is 3. The van der Waals surface area contributed by atoms with Crippen LogP contribution in [0.15, 0.2) is 47.7 Å². The molecule has 24 heavy (non-hydrogen) atoms. The van der Waals surface area contributed by atoms with Crippen LogP contribution in [0.4, 0.5) is 0 Å². The number of aldehydes is 1. The zero-order valence-corrected chi connectivity index (χ0v) is 14.8. The van der Waals surface area contributed by atoms with E-state index in [1.807, 2.05) is 24.3 Å². The van der Waals surface area contributed by atoms with Gasteiger partial charge in [0.1, 0.15) is 12.2 Å². The van der Waals surface area contributed by atoms with E-state index in [1.165, 1.54) is 5.56 Å². The van der Waals surface area contributed by atoms with Gasteiger partial charge in [-0.05, 0) is 49.8 Å². The van der Waals surface area contributed by atoms with E-state index in [0.717, 1.165) is 37.7 Å². The van der Waals surface area contributed by atoms with Crippen LogP contribution in [-0.2, 0) is 20.7 Å². The molecule has 130 valence electrons. The second-order valence-corrected chi connectivity index (χ2v) is 5.72. The molecule has 0 amide bonds. The summed E-state index contributed by atoms with van der Waals surface area (Å²) in [5.74, 6) is -1.29. The molecule has 0 fully saturated rings. The van der Waals surface area contributed by atoms with Crippen LogP contribution >= 0.6 is 0 Å². The zero-order valence-electron chi connectivity index (χ0n) is 14.8.